The van der Waals surface area contributed by atoms with Gasteiger partial charge in [0.05, 0.1) is 30.1 Å². The van der Waals surface area contributed by atoms with Crippen LogP contribution in [0.15, 0.2) is 0 Å². The molecule has 0 saturated carbocycles. The van der Waals surface area contributed by atoms with Crippen LogP contribution in [0.4, 0.5) is 0 Å². The predicted octanol–water partition coefficient (Wildman–Crippen LogP) is -4.66. The van der Waals surface area contributed by atoms with Gasteiger partial charge in [-0.25, -0.2) is 0 Å². The normalized spacial score (nSPS) is 13.7. The fraction of sp³-hybridized carbons (Fsp3) is 1.00. The summed E-state index contributed by atoms with van der Waals surface area (Å²) >= 11 is 0. The summed E-state index contributed by atoms with van der Waals surface area (Å²) in [5.41, 5.74) is 43.2. The first-order valence-corrected chi connectivity index (χ1v) is 4.29. The molecule has 8 nitrogen and oxygen atoms in total. The largest absolute Gasteiger partial charge is 0.316 e. The van der Waals surface area contributed by atoms with E-state index in [1.807, 2.05) is 0 Å². The maximum atomic E-state index is 5.57. The van der Waals surface area contributed by atoms with E-state index in [4.69, 9.17) is 45.9 Å². The van der Waals surface area contributed by atoms with Gasteiger partial charge in [-0.1, -0.05) is 0 Å². The van der Waals surface area contributed by atoms with Crippen LogP contribution in [0.1, 0.15) is 6.42 Å². The SMILES string of the molecule is NC(N)CC(C(N)N)(C(N)N)C(N)N. The van der Waals surface area contributed by atoms with Crippen LogP contribution >= 0.6 is 0 Å². The van der Waals surface area contributed by atoms with E-state index >= 15 is 0 Å². The lowest BCUT2D eigenvalue weighted by atomic mass is 9.75. The number of hydrogen-bond donors (Lipinski definition) is 8. The number of rotatable bonds is 5. The van der Waals surface area contributed by atoms with Gasteiger partial charge < -0.3 is 45.9 Å². The summed E-state index contributed by atoms with van der Waals surface area (Å²) in [4.78, 5) is 0. The highest BCUT2D eigenvalue weighted by Gasteiger charge is 2.44. The molecule has 0 unspecified atom stereocenters. The lowest BCUT2D eigenvalue weighted by molar-refractivity contribution is 0.110. The molecule has 0 fully saturated rings. The second-order valence-electron chi connectivity index (χ2n) is 3.56. The van der Waals surface area contributed by atoms with Crippen LogP contribution in [0.25, 0.3) is 0 Å². The van der Waals surface area contributed by atoms with Crippen molar-refractivity contribution < 1.29 is 0 Å². The summed E-state index contributed by atoms with van der Waals surface area (Å²) in [6, 6.07) is 0. The van der Waals surface area contributed by atoms with E-state index in [0.717, 1.165) is 0 Å². The highest BCUT2D eigenvalue weighted by molar-refractivity contribution is 4.98. The quantitative estimate of drug-likeness (QED) is 0.204. The molecule has 0 aromatic heterocycles. The Morgan fingerprint density at radius 1 is 0.643 bits per heavy atom. The van der Waals surface area contributed by atoms with Crippen molar-refractivity contribution in [2.45, 2.75) is 31.1 Å². The van der Waals surface area contributed by atoms with Crippen LogP contribution in [0.3, 0.4) is 0 Å². The Balaban J connectivity index is 4.95. The second kappa shape index (κ2) is 4.96. The van der Waals surface area contributed by atoms with Gasteiger partial charge in [0.1, 0.15) is 0 Å². The highest BCUT2D eigenvalue weighted by atomic mass is 15.1. The summed E-state index contributed by atoms with van der Waals surface area (Å²) < 4.78 is 0. The van der Waals surface area contributed by atoms with Crippen LogP contribution < -0.4 is 45.9 Å². The maximum Gasteiger partial charge on any atom is 0.0636 e. The number of nitrogens with two attached hydrogens (primary N) is 8. The fourth-order valence-electron chi connectivity index (χ4n) is 1.48. The molecule has 8 heteroatoms. The smallest absolute Gasteiger partial charge is 0.0636 e. The molecule has 0 aliphatic carbocycles. The molecule has 0 aromatic rings. The van der Waals surface area contributed by atoms with E-state index in [-0.39, 0.29) is 6.42 Å². The van der Waals surface area contributed by atoms with E-state index < -0.39 is 30.1 Å². The Bertz CT molecular complexity index is 143. The third kappa shape index (κ3) is 2.59. The molecule has 0 heterocycles. The Kier molecular flexibility index (Phi) is 4.84. The van der Waals surface area contributed by atoms with Gasteiger partial charge in [0.15, 0.2) is 0 Å². The first kappa shape index (κ1) is 13.7. The molecule has 14 heavy (non-hydrogen) atoms. The molecule has 0 atom stereocenters. The predicted molar refractivity (Wildman–Crippen MR) is 55.7 cm³/mol. The lowest BCUT2D eigenvalue weighted by Gasteiger charge is -2.43. The van der Waals surface area contributed by atoms with Crippen molar-refractivity contribution in [2.24, 2.45) is 51.3 Å². The van der Waals surface area contributed by atoms with Gasteiger partial charge in [-0.05, 0) is 6.42 Å². The number of hydrogen-bond acceptors (Lipinski definition) is 8. The molecule has 0 saturated heterocycles. The Hall–Kier alpha value is -0.320. The van der Waals surface area contributed by atoms with E-state index in [9.17, 15) is 0 Å². The minimum atomic E-state index is -1.06. The summed E-state index contributed by atoms with van der Waals surface area (Å²) in [5, 5.41) is 0. The van der Waals surface area contributed by atoms with Crippen molar-refractivity contribution in [1.29, 1.82) is 0 Å². The Morgan fingerprint density at radius 3 is 1.00 bits per heavy atom. The van der Waals surface area contributed by atoms with Gasteiger partial charge in [-0.3, -0.25) is 0 Å². The third-order valence-electron chi connectivity index (χ3n) is 2.45. The molecule has 0 spiro atoms. The van der Waals surface area contributed by atoms with Gasteiger partial charge in [0.25, 0.3) is 0 Å². The third-order valence-corrected chi connectivity index (χ3v) is 2.45. The Morgan fingerprint density at radius 2 is 0.929 bits per heavy atom. The molecule has 0 aliphatic rings. The Labute approximate surface area is 83.3 Å². The van der Waals surface area contributed by atoms with Crippen molar-refractivity contribution in [3.05, 3.63) is 0 Å². The van der Waals surface area contributed by atoms with Crippen LogP contribution in [0.5, 0.6) is 0 Å². The molecule has 0 rings (SSSR count). The molecule has 16 N–H and O–H groups in total. The lowest BCUT2D eigenvalue weighted by Crippen LogP contribution is -2.72. The minimum Gasteiger partial charge on any atom is -0.316 e. The summed E-state index contributed by atoms with van der Waals surface area (Å²) in [7, 11) is 0. The highest BCUT2D eigenvalue weighted by Crippen LogP contribution is 2.26. The second-order valence-corrected chi connectivity index (χ2v) is 3.56. The molecule has 0 bridgehead atoms. The van der Waals surface area contributed by atoms with Crippen molar-refractivity contribution in [2.75, 3.05) is 0 Å². The van der Waals surface area contributed by atoms with E-state index in [1.165, 1.54) is 0 Å². The van der Waals surface area contributed by atoms with E-state index in [0.29, 0.717) is 0 Å². The van der Waals surface area contributed by atoms with Crippen molar-refractivity contribution in [3.63, 3.8) is 0 Å². The molecule has 0 radical (unpaired) electrons. The first-order valence-electron chi connectivity index (χ1n) is 4.29. The van der Waals surface area contributed by atoms with Crippen LogP contribution in [-0.4, -0.2) is 24.7 Å². The monoisotopic (exact) mass is 206 g/mol. The zero-order valence-corrected chi connectivity index (χ0v) is 8.14. The van der Waals surface area contributed by atoms with E-state index in [1.54, 1.807) is 0 Å². The van der Waals surface area contributed by atoms with Gasteiger partial charge >= 0.3 is 0 Å². The van der Waals surface area contributed by atoms with Crippen LogP contribution in [0.2, 0.25) is 0 Å². The first-order chi connectivity index (χ1) is 6.25. The zero-order valence-electron chi connectivity index (χ0n) is 8.14. The van der Waals surface area contributed by atoms with Crippen molar-refractivity contribution in [3.8, 4) is 0 Å². The molecular weight excluding hydrogens is 184 g/mol. The standard InChI is InChI=1S/C6H22N8/c7-2(8)1-6(3(9)10,4(11)12)5(13)14/h2-5H,1,7-14H2. The van der Waals surface area contributed by atoms with Crippen molar-refractivity contribution >= 4 is 0 Å². The van der Waals surface area contributed by atoms with Gasteiger partial charge in [0, 0.05) is 0 Å². The summed E-state index contributed by atoms with van der Waals surface area (Å²) in [5.74, 6) is 0. The van der Waals surface area contributed by atoms with Gasteiger partial charge in [0.2, 0.25) is 0 Å². The molecule has 0 amide bonds. The molecule has 86 valence electrons. The van der Waals surface area contributed by atoms with E-state index in [2.05, 4.69) is 0 Å². The summed E-state index contributed by atoms with van der Waals surface area (Å²) in [6.45, 7) is 0. The van der Waals surface area contributed by atoms with Gasteiger partial charge in [-0.15, -0.1) is 0 Å². The molecular formula is C6H22N8. The maximum absolute atomic E-state index is 5.57. The molecule has 0 aromatic carbocycles. The fourth-order valence-corrected chi connectivity index (χ4v) is 1.48. The van der Waals surface area contributed by atoms with Crippen LogP contribution in [-0.2, 0) is 0 Å². The topological polar surface area (TPSA) is 208 Å². The van der Waals surface area contributed by atoms with Gasteiger partial charge in [-0.2, -0.15) is 0 Å². The van der Waals surface area contributed by atoms with Crippen LogP contribution in [0, 0.1) is 5.41 Å². The van der Waals surface area contributed by atoms with Crippen molar-refractivity contribution in [1.82, 2.24) is 0 Å². The molecule has 0 aliphatic heterocycles. The zero-order chi connectivity index (χ0) is 11.5. The average molecular weight is 206 g/mol. The summed E-state index contributed by atoms with van der Waals surface area (Å²) in [6.07, 6.45) is -3.14. The minimum absolute atomic E-state index is 0.167. The average Bonchev–Trinajstić information content (AvgIpc) is 1.97.